The number of carboxylic acid groups (broad SMARTS) is 1. The number of aromatic amines is 1. The van der Waals surface area contributed by atoms with Crippen LogP contribution >= 0.6 is 0 Å². The monoisotopic (exact) mass is 301 g/mol. The number of carbonyl (C=O) groups excluding carboxylic acids is 1. The van der Waals surface area contributed by atoms with Crippen molar-refractivity contribution in [1.29, 1.82) is 0 Å². The summed E-state index contributed by atoms with van der Waals surface area (Å²) < 4.78 is 26.2. The topological polar surface area (TPSA) is 128 Å². The molecular formula is C11H15N3O5S. The number of nitrogens with one attached hydrogen (secondary N) is 3. The van der Waals surface area contributed by atoms with Crippen LogP contribution in [0.1, 0.15) is 30.3 Å². The molecular weight excluding hydrogens is 286 g/mol. The summed E-state index contributed by atoms with van der Waals surface area (Å²) in [5, 5.41) is 11.4. The molecule has 1 aromatic rings. The van der Waals surface area contributed by atoms with Crippen molar-refractivity contribution in [3.8, 4) is 0 Å². The molecule has 1 aromatic heterocycles. The molecule has 1 aliphatic rings. The van der Waals surface area contributed by atoms with Crippen LogP contribution in [0.4, 0.5) is 0 Å². The molecule has 1 atom stereocenters. The van der Waals surface area contributed by atoms with E-state index in [9.17, 15) is 18.0 Å². The van der Waals surface area contributed by atoms with E-state index in [1.165, 1.54) is 6.92 Å². The van der Waals surface area contributed by atoms with Gasteiger partial charge in [-0.1, -0.05) is 0 Å². The number of H-pyrrole nitrogens is 1. The molecule has 1 amide bonds. The van der Waals surface area contributed by atoms with Crippen LogP contribution in [0.2, 0.25) is 0 Å². The highest BCUT2D eigenvalue weighted by atomic mass is 32.2. The van der Waals surface area contributed by atoms with Gasteiger partial charge in [0.2, 0.25) is 15.9 Å². The number of rotatable bonds is 6. The number of aromatic carboxylic acids is 1. The maximum Gasteiger partial charge on any atom is 0.352 e. The molecule has 1 aliphatic carbocycles. The number of sulfonamides is 1. The Kier molecular flexibility index (Phi) is 3.82. The summed E-state index contributed by atoms with van der Waals surface area (Å²) >= 11 is 0. The molecule has 1 saturated carbocycles. The molecule has 0 radical (unpaired) electrons. The molecule has 0 aromatic carbocycles. The standard InChI is InChI=1S/C11H15N3O5S/c1-6(10(15)13-7-2-3-7)14-20(18,19)8-4-9(11(16)17)12-5-8/h4-7,12,14H,2-3H2,1H3,(H,13,15)(H,16,17). The predicted octanol–water partition coefficient (Wildman–Crippen LogP) is -0.342. The minimum Gasteiger partial charge on any atom is -0.477 e. The maximum atomic E-state index is 12.0. The number of hydrogen-bond donors (Lipinski definition) is 4. The van der Waals surface area contributed by atoms with Gasteiger partial charge < -0.3 is 15.4 Å². The quantitative estimate of drug-likeness (QED) is 0.571. The molecule has 1 fully saturated rings. The third-order valence-electron chi connectivity index (χ3n) is 2.85. The first kappa shape index (κ1) is 14.5. The van der Waals surface area contributed by atoms with Gasteiger partial charge >= 0.3 is 5.97 Å². The third-order valence-corrected chi connectivity index (χ3v) is 4.37. The van der Waals surface area contributed by atoms with Crippen LogP contribution in [0.15, 0.2) is 17.2 Å². The summed E-state index contributed by atoms with van der Waals surface area (Å²) in [6.45, 7) is 1.43. The van der Waals surface area contributed by atoms with E-state index in [1.807, 2.05) is 0 Å². The lowest BCUT2D eigenvalue weighted by Crippen LogP contribution is -2.45. The normalized spacial score (nSPS) is 16.6. The van der Waals surface area contributed by atoms with Gasteiger partial charge in [0.25, 0.3) is 0 Å². The van der Waals surface area contributed by atoms with Gasteiger partial charge in [0.1, 0.15) is 10.6 Å². The molecule has 2 rings (SSSR count). The zero-order chi connectivity index (χ0) is 14.9. The zero-order valence-electron chi connectivity index (χ0n) is 10.7. The van der Waals surface area contributed by atoms with Gasteiger partial charge in [-0.15, -0.1) is 0 Å². The van der Waals surface area contributed by atoms with E-state index in [0.717, 1.165) is 25.1 Å². The highest BCUT2D eigenvalue weighted by molar-refractivity contribution is 7.89. The second-order valence-electron chi connectivity index (χ2n) is 4.68. The Hall–Kier alpha value is -1.87. The fraction of sp³-hybridized carbons (Fsp3) is 0.455. The van der Waals surface area contributed by atoms with Crippen molar-refractivity contribution >= 4 is 21.9 Å². The van der Waals surface area contributed by atoms with Crippen molar-refractivity contribution in [2.45, 2.75) is 36.7 Å². The van der Waals surface area contributed by atoms with Crippen LogP contribution in [0.5, 0.6) is 0 Å². The molecule has 4 N–H and O–H groups in total. The highest BCUT2D eigenvalue weighted by Gasteiger charge is 2.28. The summed E-state index contributed by atoms with van der Waals surface area (Å²) in [6, 6.07) is 0.208. The van der Waals surface area contributed by atoms with E-state index in [2.05, 4.69) is 15.0 Å². The van der Waals surface area contributed by atoms with Crippen molar-refractivity contribution in [3.05, 3.63) is 18.0 Å². The number of carboxylic acids is 1. The predicted molar refractivity (Wildman–Crippen MR) is 68.7 cm³/mol. The molecule has 110 valence electrons. The zero-order valence-corrected chi connectivity index (χ0v) is 11.5. The lowest BCUT2D eigenvalue weighted by atomic mass is 10.3. The first-order chi connectivity index (χ1) is 9.29. The molecule has 0 saturated heterocycles. The van der Waals surface area contributed by atoms with E-state index >= 15 is 0 Å². The van der Waals surface area contributed by atoms with Crippen molar-refractivity contribution in [3.63, 3.8) is 0 Å². The molecule has 9 heteroatoms. The summed E-state index contributed by atoms with van der Waals surface area (Å²) in [7, 11) is -3.94. The largest absolute Gasteiger partial charge is 0.477 e. The van der Waals surface area contributed by atoms with Crippen LogP contribution in [0, 0.1) is 0 Å². The second-order valence-corrected chi connectivity index (χ2v) is 6.39. The average Bonchev–Trinajstić information content (AvgIpc) is 3.00. The third kappa shape index (κ3) is 3.36. The van der Waals surface area contributed by atoms with Crippen LogP contribution in [0.3, 0.4) is 0 Å². The van der Waals surface area contributed by atoms with E-state index in [1.54, 1.807) is 0 Å². The van der Waals surface area contributed by atoms with Gasteiger partial charge in [0.15, 0.2) is 0 Å². The Morgan fingerprint density at radius 1 is 1.45 bits per heavy atom. The lowest BCUT2D eigenvalue weighted by molar-refractivity contribution is -0.122. The molecule has 20 heavy (non-hydrogen) atoms. The minimum atomic E-state index is -3.94. The van der Waals surface area contributed by atoms with Gasteiger partial charge in [-0.2, -0.15) is 4.72 Å². The summed E-state index contributed by atoms with van der Waals surface area (Å²) in [5.74, 6) is -1.66. The molecule has 1 unspecified atom stereocenters. The number of aromatic nitrogens is 1. The molecule has 1 heterocycles. The van der Waals surface area contributed by atoms with Crippen molar-refractivity contribution in [1.82, 2.24) is 15.0 Å². The fourth-order valence-corrected chi connectivity index (χ4v) is 2.76. The smallest absolute Gasteiger partial charge is 0.352 e. The number of amides is 1. The second kappa shape index (κ2) is 5.25. The van der Waals surface area contributed by atoms with Crippen LogP contribution in [0.25, 0.3) is 0 Å². The van der Waals surface area contributed by atoms with Crippen molar-refractivity contribution in [2.75, 3.05) is 0 Å². The van der Waals surface area contributed by atoms with E-state index in [0.29, 0.717) is 0 Å². The van der Waals surface area contributed by atoms with Gasteiger partial charge in [-0.05, 0) is 25.8 Å². The van der Waals surface area contributed by atoms with Gasteiger partial charge in [-0.25, -0.2) is 13.2 Å². The molecule has 8 nitrogen and oxygen atoms in total. The Bertz CT molecular complexity index is 632. The maximum absolute atomic E-state index is 12.0. The van der Waals surface area contributed by atoms with Gasteiger partial charge in [-0.3, -0.25) is 4.79 Å². The average molecular weight is 301 g/mol. The number of hydrogen-bond acceptors (Lipinski definition) is 4. The first-order valence-electron chi connectivity index (χ1n) is 6.04. The van der Waals surface area contributed by atoms with E-state index in [-0.39, 0.29) is 16.6 Å². The Morgan fingerprint density at radius 2 is 2.10 bits per heavy atom. The van der Waals surface area contributed by atoms with Crippen LogP contribution in [-0.2, 0) is 14.8 Å². The molecule has 0 spiro atoms. The van der Waals surface area contributed by atoms with Crippen LogP contribution in [-0.4, -0.2) is 42.5 Å². The first-order valence-corrected chi connectivity index (χ1v) is 7.52. The van der Waals surface area contributed by atoms with E-state index in [4.69, 9.17) is 5.11 Å². The Morgan fingerprint density at radius 3 is 2.60 bits per heavy atom. The summed E-state index contributed by atoms with van der Waals surface area (Å²) in [4.78, 5) is 24.5. The molecule has 0 aliphatic heterocycles. The lowest BCUT2D eigenvalue weighted by Gasteiger charge is -2.13. The van der Waals surface area contributed by atoms with Crippen molar-refractivity contribution < 1.29 is 23.1 Å². The number of carbonyl (C=O) groups is 2. The van der Waals surface area contributed by atoms with Crippen molar-refractivity contribution in [2.24, 2.45) is 0 Å². The minimum absolute atomic E-state index is 0.139. The van der Waals surface area contributed by atoms with Crippen LogP contribution < -0.4 is 10.0 Å². The van der Waals surface area contributed by atoms with E-state index < -0.39 is 27.9 Å². The highest BCUT2D eigenvalue weighted by Crippen LogP contribution is 2.18. The van der Waals surface area contributed by atoms with Gasteiger partial charge in [0.05, 0.1) is 6.04 Å². The van der Waals surface area contributed by atoms with Gasteiger partial charge in [0, 0.05) is 12.2 Å². The summed E-state index contributed by atoms with van der Waals surface area (Å²) in [6.07, 6.45) is 2.88. The fourth-order valence-electron chi connectivity index (χ4n) is 1.56. The Labute approximate surface area is 115 Å². The molecule has 0 bridgehead atoms. The summed E-state index contributed by atoms with van der Waals surface area (Å²) in [5.41, 5.74) is -0.236. The Balaban J connectivity index is 2.05. The SMILES string of the molecule is CC(NS(=O)(=O)c1c[nH]c(C(=O)O)c1)C(=O)NC1CC1.